The van der Waals surface area contributed by atoms with Crippen molar-refractivity contribution in [2.24, 2.45) is 0 Å². The summed E-state index contributed by atoms with van der Waals surface area (Å²) in [7, 11) is 1.96. The molecule has 1 amide bonds. The Labute approximate surface area is 125 Å². The fraction of sp³-hybridized carbons (Fsp3) is 0.500. The summed E-state index contributed by atoms with van der Waals surface area (Å²) in [5.74, 6) is 0.000463. The van der Waals surface area contributed by atoms with E-state index in [9.17, 15) is 4.79 Å². The third-order valence-corrected chi connectivity index (χ3v) is 4.74. The Morgan fingerprint density at radius 3 is 2.76 bits per heavy atom. The van der Waals surface area contributed by atoms with Crippen molar-refractivity contribution in [2.75, 3.05) is 23.8 Å². The summed E-state index contributed by atoms with van der Waals surface area (Å²) < 4.78 is 0. The fourth-order valence-corrected chi connectivity index (χ4v) is 3.44. The Bertz CT molecular complexity index is 621. The minimum atomic E-state index is -0.645. The number of likely N-dealkylation sites (N-methyl/N-ethyl adjacent to an activating group) is 1. The van der Waals surface area contributed by atoms with Crippen LogP contribution in [0.25, 0.3) is 4.85 Å². The van der Waals surface area contributed by atoms with Crippen LogP contribution in [0.3, 0.4) is 0 Å². The van der Waals surface area contributed by atoms with E-state index < -0.39 is 5.54 Å². The average molecular weight is 284 g/mol. The number of hydrogen-bond acceptors (Lipinski definition) is 3. The maximum absolute atomic E-state index is 12.7. The molecule has 110 valence electrons. The number of nitrogens with one attached hydrogen (secondary N) is 1. The molecule has 0 aliphatic carbocycles. The molecule has 1 fully saturated rings. The van der Waals surface area contributed by atoms with Gasteiger partial charge in [0.1, 0.15) is 5.54 Å². The normalized spacial score (nSPS) is 28.6. The van der Waals surface area contributed by atoms with E-state index >= 15 is 0 Å². The number of amides is 1. The molecule has 1 aromatic rings. The molecule has 21 heavy (non-hydrogen) atoms. The molecule has 2 atom stereocenters. The summed E-state index contributed by atoms with van der Waals surface area (Å²) in [5.41, 5.74) is 1.22. The van der Waals surface area contributed by atoms with E-state index in [4.69, 9.17) is 6.57 Å². The van der Waals surface area contributed by atoms with E-state index in [0.29, 0.717) is 13.0 Å². The highest BCUT2D eigenvalue weighted by atomic mass is 16.2. The van der Waals surface area contributed by atoms with Gasteiger partial charge >= 0.3 is 0 Å². The molecule has 1 saturated heterocycles. The third kappa shape index (κ3) is 1.90. The predicted octanol–water partition coefficient (Wildman–Crippen LogP) is 2.17. The highest BCUT2D eigenvalue weighted by molar-refractivity contribution is 6.07. The van der Waals surface area contributed by atoms with Crippen LogP contribution in [0.1, 0.15) is 20.3 Å². The summed E-state index contributed by atoms with van der Waals surface area (Å²) in [6, 6.07) is 8.07. The fourth-order valence-electron chi connectivity index (χ4n) is 3.44. The Balaban J connectivity index is 2.03. The molecular weight excluding hydrogens is 264 g/mol. The van der Waals surface area contributed by atoms with Crippen molar-refractivity contribution in [2.45, 2.75) is 38.0 Å². The number of nitrogens with zero attached hydrogens (tertiary/aromatic N) is 3. The number of para-hydroxylation sites is 2. The molecule has 0 unspecified atom stereocenters. The highest BCUT2D eigenvalue weighted by Crippen LogP contribution is 2.42. The maximum atomic E-state index is 12.7. The van der Waals surface area contributed by atoms with Gasteiger partial charge in [-0.2, -0.15) is 0 Å². The molecule has 2 heterocycles. The van der Waals surface area contributed by atoms with Gasteiger partial charge in [0.15, 0.2) is 0 Å². The van der Waals surface area contributed by atoms with E-state index in [0.717, 1.165) is 11.4 Å². The van der Waals surface area contributed by atoms with Gasteiger partial charge in [-0.15, -0.1) is 0 Å². The van der Waals surface area contributed by atoms with Gasteiger partial charge in [-0.25, -0.2) is 11.5 Å². The summed E-state index contributed by atoms with van der Waals surface area (Å²) in [4.78, 5) is 20.7. The molecule has 0 saturated carbocycles. The summed E-state index contributed by atoms with van der Waals surface area (Å²) in [6.07, 6.45) is 0.314. The van der Waals surface area contributed by atoms with Gasteiger partial charge < -0.3 is 10.2 Å². The Hall–Kier alpha value is -2.06. The number of hydrogen-bond donors (Lipinski definition) is 1. The smallest absolute Gasteiger partial charge is 0.282 e. The highest BCUT2D eigenvalue weighted by Gasteiger charge is 2.57. The summed E-state index contributed by atoms with van der Waals surface area (Å²) in [5, 5.41) is 3.02. The Morgan fingerprint density at radius 2 is 2.14 bits per heavy atom. The molecule has 0 aromatic heterocycles. The minimum absolute atomic E-state index is 0.000463. The Morgan fingerprint density at radius 1 is 1.43 bits per heavy atom. The van der Waals surface area contributed by atoms with Crippen LogP contribution >= 0.6 is 0 Å². The van der Waals surface area contributed by atoms with Crippen molar-refractivity contribution in [3.05, 3.63) is 35.7 Å². The molecule has 0 bridgehead atoms. The number of fused-ring (bicyclic) bond motifs is 1. The first-order valence-electron chi connectivity index (χ1n) is 7.26. The van der Waals surface area contributed by atoms with Crippen molar-refractivity contribution in [3.63, 3.8) is 0 Å². The first-order chi connectivity index (χ1) is 9.99. The van der Waals surface area contributed by atoms with Crippen molar-refractivity contribution < 1.29 is 4.79 Å². The van der Waals surface area contributed by atoms with Crippen LogP contribution in [-0.4, -0.2) is 42.1 Å². The van der Waals surface area contributed by atoms with Crippen LogP contribution in [0.5, 0.6) is 0 Å². The zero-order chi connectivity index (χ0) is 15.2. The molecule has 2 aliphatic heterocycles. The zero-order valence-corrected chi connectivity index (χ0v) is 12.6. The van der Waals surface area contributed by atoms with E-state index in [1.54, 1.807) is 0 Å². The van der Waals surface area contributed by atoms with Crippen LogP contribution in [0.4, 0.5) is 11.4 Å². The second-order valence-electron chi connectivity index (χ2n) is 6.14. The van der Waals surface area contributed by atoms with Gasteiger partial charge in [0.2, 0.25) is 0 Å². The van der Waals surface area contributed by atoms with E-state index in [2.05, 4.69) is 33.8 Å². The molecule has 3 rings (SSSR count). The lowest BCUT2D eigenvalue weighted by atomic mass is 9.91. The molecule has 0 radical (unpaired) electrons. The Kier molecular flexibility index (Phi) is 3.14. The van der Waals surface area contributed by atoms with Crippen LogP contribution in [0, 0.1) is 6.57 Å². The lowest BCUT2D eigenvalue weighted by Crippen LogP contribution is -2.60. The topological polar surface area (TPSA) is 39.9 Å². The van der Waals surface area contributed by atoms with Crippen molar-refractivity contribution >= 4 is 17.3 Å². The second kappa shape index (κ2) is 4.74. The van der Waals surface area contributed by atoms with Crippen LogP contribution in [0.2, 0.25) is 0 Å². The summed E-state index contributed by atoms with van der Waals surface area (Å²) >= 11 is 0. The number of rotatable bonds is 1. The predicted molar refractivity (Wildman–Crippen MR) is 83.1 cm³/mol. The van der Waals surface area contributed by atoms with E-state index in [1.807, 2.05) is 31.3 Å². The maximum Gasteiger partial charge on any atom is 0.282 e. The summed E-state index contributed by atoms with van der Waals surface area (Å²) in [6.45, 7) is 12.2. The first kappa shape index (κ1) is 13.9. The SMILES string of the molecule is [C-]#[N+][C@@H]1C[C@@]2(CN1C(C)C)C(=O)Nc1ccccc1N2C. The first-order valence-corrected chi connectivity index (χ1v) is 7.26. The molecule has 1 aromatic carbocycles. The second-order valence-corrected chi connectivity index (χ2v) is 6.14. The van der Waals surface area contributed by atoms with Gasteiger partial charge in [-0.3, -0.25) is 9.64 Å². The molecule has 1 spiro atoms. The van der Waals surface area contributed by atoms with Crippen molar-refractivity contribution in [1.29, 1.82) is 0 Å². The van der Waals surface area contributed by atoms with Gasteiger partial charge in [0.25, 0.3) is 12.1 Å². The van der Waals surface area contributed by atoms with E-state index in [-0.39, 0.29) is 18.1 Å². The minimum Gasteiger partial charge on any atom is -0.357 e. The number of carbonyl (C=O) groups excluding carboxylic acids is 1. The molecular formula is C16H20N4O. The van der Waals surface area contributed by atoms with Gasteiger partial charge in [0, 0.05) is 19.6 Å². The molecule has 5 heteroatoms. The quantitative estimate of drug-likeness (QED) is 0.804. The van der Waals surface area contributed by atoms with Gasteiger partial charge in [-0.1, -0.05) is 12.1 Å². The molecule has 2 aliphatic rings. The average Bonchev–Trinajstić information content (AvgIpc) is 2.87. The molecule has 5 nitrogen and oxygen atoms in total. The van der Waals surface area contributed by atoms with Crippen LogP contribution in [0.15, 0.2) is 24.3 Å². The molecule has 1 N–H and O–H groups in total. The van der Waals surface area contributed by atoms with Gasteiger partial charge in [0.05, 0.1) is 17.8 Å². The lowest BCUT2D eigenvalue weighted by molar-refractivity contribution is -0.121. The van der Waals surface area contributed by atoms with Gasteiger partial charge in [-0.05, 0) is 26.0 Å². The number of benzene rings is 1. The van der Waals surface area contributed by atoms with Crippen LogP contribution < -0.4 is 10.2 Å². The third-order valence-electron chi connectivity index (χ3n) is 4.74. The number of carbonyl (C=O) groups is 1. The lowest BCUT2D eigenvalue weighted by Gasteiger charge is -2.43. The monoisotopic (exact) mass is 284 g/mol. The van der Waals surface area contributed by atoms with Crippen LogP contribution in [-0.2, 0) is 4.79 Å². The van der Waals surface area contributed by atoms with E-state index in [1.165, 1.54) is 0 Å². The number of likely N-dealkylation sites (tertiary alicyclic amines) is 1. The van der Waals surface area contributed by atoms with Crippen molar-refractivity contribution in [1.82, 2.24) is 4.90 Å². The zero-order valence-electron chi connectivity index (χ0n) is 12.6. The number of anilines is 2. The standard InChI is InChI=1S/C16H20N4O/c1-11(2)20-10-16(9-14(20)17-3)15(21)18-12-7-5-6-8-13(12)19(16)4/h5-8,11,14H,9-10H2,1-2,4H3,(H,18,21)/t14-,16+/m0/s1. The van der Waals surface area contributed by atoms with Crippen molar-refractivity contribution in [3.8, 4) is 0 Å². The largest absolute Gasteiger partial charge is 0.357 e.